The minimum Gasteiger partial charge on any atom is -0.467 e. The van der Waals surface area contributed by atoms with Crippen molar-refractivity contribution < 1.29 is 4.42 Å². The van der Waals surface area contributed by atoms with E-state index >= 15 is 0 Å². The highest BCUT2D eigenvalue weighted by Gasteiger charge is 2.14. The van der Waals surface area contributed by atoms with E-state index in [1.165, 1.54) is 5.56 Å². The van der Waals surface area contributed by atoms with Crippen molar-refractivity contribution in [2.45, 2.75) is 12.6 Å². The number of hydrogen-bond donors (Lipinski definition) is 2. The van der Waals surface area contributed by atoms with Gasteiger partial charge in [0.05, 0.1) is 18.8 Å². The Hall–Kier alpha value is -1.25. The Kier molecular flexibility index (Phi) is 9.17. The summed E-state index contributed by atoms with van der Waals surface area (Å²) in [4.78, 5) is 6.40. The van der Waals surface area contributed by atoms with Gasteiger partial charge in [0, 0.05) is 18.6 Å². The fourth-order valence-corrected chi connectivity index (χ4v) is 2.41. The molecule has 24 heavy (non-hydrogen) atoms. The SMILES string of the molecule is CN=C(NCc1ccco1)NCC(c1ccc(Cl)cc1)N(C)C.I. The molecule has 0 amide bonds. The van der Waals surface area contributed by atoms with Crippen LogP contribution in [0, 0.1) is 0 Å². The maximum atomic E-state index is 5.97. The molecule has 2 aromatic rings. The number of benzene rings is 1. The normalized spacial score (nSPS) is 12.6. The van der Waals surface area contributed by atoms with E-state index in [0.29, 0.717) is 6.54 Å². The van der Waals surface area contributed by atoms with Gasteiger partial charge in [-0.05, 0) is 43.9 Å². The van der Waals surface area contributed by atoms with E-state index in [0.717, 1.165) is 23.3 Å². The highest BCUT2D eigenvalue weighted by Crippen LogP contribution is 2.19. The zero-order valence-electron chi connectivity index (χ0n) is 14.1. The third-order valence-electron chi connectivity index (χ3n) is 3.57. The van der Waals surface area contributed by atoms with E-state index in [1.54, 1.807) is 13.3 Å². The molecule has 1 heterocycles. The summed E-state index contributed by atoms with van der Waals surface area (Å²) >= 11 is 5.97. The molecule has 0 saturated carbocycles. The Labute approximate surface area is 165 Å². The molecule has 0 aliphatic heterocycles. The van der Waals surface area contributed by atoms with Crippen molar-refractivity contribution in [1.82, 2.24) is 15.5 Å². The van der Waals surface area contributed by atoms with Crippen LogP contribution in [0.25, 0.3) is 0 Å². The van der Waals surface area contributed by atoms with Crippen LogP contribution in [0.2, 0.25) is 5.02 Å². The molecule has 0 fully saturated rings. The summed E-state index contributed by atoms with van der Waals surface area (Å²) in [7, 11) is 5.87. The predicted molar refractivity (Wildman–Crippen MR) is 110 cm³/mol. The summed E-state index contributed by atoms with van der Waals surface area (Å²) in [6, 6.07) is 11.9. The average Bonchev–Trinajstić information content (AvgIpc) is 3.05. The topological polar surface area (TPSA) is 52.8 Å². The zero-order valence-corrected chi connectivity index (χ0v) is 17.2. The van der Waals surface area contributed by atoms with E-state index in [-0.39, 0.29) is 30.0 Å². The minimum atomic E-state index is 0. The van der Waals surface area contributed by atoms with Crippen LogP contribution in [-0.2, 0) is 6.54 Å². The number of likely N-dealkylation sites (N-methyl/N-ethyl adjacent to an activating group) is 1. The molecule has 0 aliphatic rings. The first-order valence-corrected chi connectivity index (χ1v) is 7.86. The first-order chi connectivity index (χ1) is 11.1. The summed E-state index contributed by atoms with van der Waals surface area (Å²) in [5.41, 5.74) is 1.20. The van der Waals surface area contributed by atoms with Crippen molar-refractivity contribution in [3.63, 3.8) is 0 Å². The first-order valence-electron chi connectivity index (χ1n) is 7.49. The number of hydrogen-bond acceptors (Lipinski definition) is 3. The van der Waals surface area contributed by atoms with Gasteiger partial charge >= 0.3 is 0 Å². The number of furan rings is 1. The van der Waals surface area contributed by atoms with Gasteiger partial charge in [0.1, 0.15) is 5.76 Å². The number of guanidine groups is 1. The lowest BCUT2D eigenvalue weighted by atomic mass is 10.1. The molecule has 7 heteroatoms. The van der Waals surface area contributed by atoms with E-state index < -0.39 is 0 Å². The summed E-state index contributed by atoms with van der Waals surface area (Å²) in [6.45, 7) is 1.33. The lowest BCUT2D eigenvalue weighted by molar-refractivity contribution is 0.298. The van der Waals surface area contributed by atoms with Crippen LogP contribution in [0.15, 0.2) is 52.1 Å². The van der Waals surface area contributed by atoms with Crippen LogP contribution < -0.4 is 10.6 Å². The first kappa shape index (κ1) is 20.8. The van der Waals surface area contributed by atoms with Crippen molar-refractivity contribution in [3.8, 4) is 0 Å². The number of aliphatic imine (C=N–C) groups is 1. The van der Waals surface area contributed by atoms with E-state index in [1.807, 2.05) is 36.4 Å². The van der Waals surface area contributed by atoms with Crippen LogP contribution in [-0.4, -0.2) is 38.5 Å². The monoisotopic (exact) mass is 462 g/mol. The quantitative estimate of drug-likeness (QED) is 0.392. The van der Waals surface area contributed by atoms with Gasteiger partial charge in [0.2, 0.25) is 0 Å². The van der Waals surface area contributed by atoms with Crippen LogP contribution in [0.3, 0.4) is 0 Å². The van der Waals surface area contributed by atoms with Gasteiger partial charge in [-0.1, -0.05) is 23.7 Å². The average molecular weight is 463 g/mol. The fourth-order valence-electron chi connectivity index (χ4n) is 2.28. The van der Waals surface area contributed by atoms with Gasteiger partial charge < -0.3 is 20.0 Å². The Balaban J connectivity index is 0.00000288. The molecule has 0 spiro atoms. The predicted octanol–water partition coefficient (Wildman–Crippen LogP) is 3.52. The van der Waals surface area contributed by atoms with Crippen molar-refractivity contribution in [2.75, 3.05) is 27.7 Å². The second kappa shape index (κ2) is 10.6. The molecule has 1 atom stereocenters. The smallest absolute Gasteiger partial charge is 0.191 e. The van der Waals surface area contributed by atoms with Crippen LogP contribution >= 0.6 is 35.6 Å². The molecule has 0 radical (unpaired) electrons. The second-order valence-electron chi connectivity index (χ2n) is 5.42. The Morgan fingerprint density at radius 1 is 1.21 bits per heavy atom. The number of rotatable bonds is 6. The number of nitrogens with zero attached hydrogens (tertiary/aromatic N) is 2. The molecular formula is C17H24ClIN4O. The van der Waals surface area contributed by atoms with Gasteiger partial charge in [0.25, 0.3) is 0 Å². The van der Waals surface area contributed by atoms with Gasteiger partial charge in [-0.2, -0.15) is 0 Å². The highest BCUT2D eigenvalue weighted by atomic mass is 127. The zero-order chi connectivity index (χ0) is 16.7. The third kappa shape index (κ3) is 6.33. The van der Waals surface area contributed by atoms with Gasteiger partial charge in [-0.25, -0.2) is 0 Å². The van der Waals surface area contributed by atoms with E-state index in [2.05, 4.69) is 34.6 Å². The van der Waals surface area contributed by atoms with E-state index in [4.69, 9.17) is 16.0 Å². The molecule has 132 valence electrons. The molecule has 2 N–H and O–H groups in total. The molecular weight excluding hydrogens is 439 g/mol. The van der Waals surface area contributed by atoms with E-state index in [9.17, 15) is 0 Å². The lowest BCUT2D eigenvalue weighted by Gasteiger charge is -2.26. The molecule has 1 unspecified atom stereocenters. The number of halogens is 2. The standard InChI is InChI=1S/C17H23ClN4O.HI/c1-19-17(20-11-15-5-4-10-23-15)21-12-16(22(2)3)13-6-8-14(18)9-7-13;/h4-10,16H,11-12H2,1-3H3,(H2,19,20,21);1H. The maximum Gasteiger partial charge on any atom is 0.191 e. The Morgan fingerprint density at radius 2 is 1.92 bits per heavy atom. The Morgan fingerprint density at radius 3 is 2.46 bits per heavy atom. The Bertz CT molecular complexity index is 614. The van der Waals surface area contributed by atoms with Gasteiger partial charge in [0.15, 0.2) is 5.96 Å². The van der Waals surface area contributed by atoms with Gasteiger partial charge in [-0.15, -0.1) is 24.0 Å². The van der Waals surface area contributed by atoms with Crippen molar-refractivity contribution in [2.24, 2.45) is 4.99 Å². The summed E-state index contributed by atoms with van der Waals surface area (Å²) < 4.78 is 5.31. The molecule has 0 aliphatic carbocycles. The summed E-state index contributed by atoms with van der Waals surface area (Å²) in [5.74, 6) is 1.61. The molecule has 2 rings (SSSR count). The van der Waals surface area contributed by atoms with Crippen LogP contribution in [0.5, 0.6) is 0 Å². The van der Waals surface area contributed by atoms with Crippen molar-refractivity contribution in [3.05, 3.63) is 59.0 Å². The molecule has 5 nitrogen and oxygen atoms in total. The fraction of sp³-hybridized carbons (Fsp3) is 0.353. The van der Waals surface area contributed by atoms with Crippen LogP contribution in [0.4, 0.5) is 0 Å². The largest absolute Gasteiger partial charge is 0.467 e. The molecule has 0 saturated heterocycles. The lowest BCUT2D eigenvalue weighted by Crippen LogP contribution is -2.41. The van der Waals surface area contributed by atoms with Crippen molar-refractivity contribution in [1.29, 1.82) is 0 Å². The van der Waals surface area contributed by atoms with Gasteiger partial charge in [-0.3, -0.25) is 4.99 Å². The minimum absolute atomic E-state index is 0. The maximum absolute atomic E-state index is 5.97. The summed E-state index contributed by atoms with van der Waals surface area (Å²) in [5, 5.41) is 7.33. The molecule has 1 aromatic carbocycles. The highest BCUT2D eigenvalue weighted by molar-refractivity contribution is 14.0. The second-order valence-corrected chi connectivity index (χ2v) is 5.85. The van der Waals surface area contributed by atoms with Crippen LogP contribution in [0.1, 0.15) is 17.4 Å². The van der Waals surface area contributed by atoms with Crippen molar-refractivity contribution >= 4 is 41.5 Å². The summed E-state index contributed by atoms with van der Waals surface area (Å²) in [6.07, 6.45) is 1.66. The molecule has 0 bridgehead atoms. The molecule has 1 aromatic heterocycles. The number of nitrogens with one attached hydrogen (secondary N) is 2. The third-order valence-corrected chi connectivity index (χ3v) is 3.83.